The quantitative estimate of drug-likeness (QED) is 0.0272. The van der Waals surface area contributed by atoms with Gasteiger partial charge >= 0.3 is 0 Å². The molecule has 2 N–H and O–H groups in total. The molecule has 0 bridgehead atoms. The minimum Gasteiger partial charge on any atom is -0.497 e. The number of benzene rings is 10. The molecule has 0 spiro atoms. The van der Waals surface area contributed by atoms with Crippen LogP contribution in [-0.4, -0.2) is 142 Å². The first-order chi connectivity index (χ1) is 53.5. The van der Waals surface area contributed by atoms with Gasteiger partial charge in [0.15, 0.2) is 12.2 Å². The summed E-state index contributed by atoms with van der Waals surface area (Å²) in [6.07, 6.45) is -6.43. The van der Waals surface area contributed by atoms with Gasteiger partial charge in [-0.3, -0.25) is 14.5 Å². The molecule has 1 saturated heterocycles. The largest absolute Gasteiger partial charge is 0.497 e. The molecule has 10 aromatic rings. The summed E-state index contributed by atoms with van der Waals surface area (Å²) in [6, 6.07) is 90.5. The number of rotatable bonds is 41. The summed E-state index contributed by atoms with van der Waals surface area (Å²) >= 11 is 0. The van der Waals surface area contributed by atoms with E-state index in [1.165, 1.54) is 25.3 Å². The third kappa shape index (κ3) is 24.9. The first kappa shape index (κ1) is 83.3. The van der Waals surface area contributed by atoms with Crippen molar-refractivity contribution in [3.63, 3.8) is 0 Å². The number of nitrogens with zero attached hydrogens (tertiary/aromatic N) is 2. The lowest BCUT2D eigenvalue weighted by atomic mass is 9.85. The molecule has 2 unspecified atom stereocenters. The Bertz CT molecular complexity index is 4160. The van der Waals surface area contributed by atoms with Crippen molar-refractivity contribution in [3.8, 4) is 5.75 Å². The fourth-order valence-corrected chi connectivity index (χ4v) is 12.7. The van der Waals surface area contributed by atoms with Gasteiger partial charge < -0.3 is 67.1 Å². The van der Waals surface area contributed by atoms with E-state index < -0.39 is 59.6 Å². The number of likely N-dealkylation sites (N-methyl/N-ethyl adjacent to an activating group) is 2. The van der Waals surface area contributed by atoms with Crippen LogP contribution in [0.4, 0.5) is 0 Å². The van der Waals surface area contributed by atoms with Crippen molar-refractivity contribution >= 4 is 5.91 Å². The van der Waals surface area contributed by atoms with E-state index in [1.807, 2.05) is 237 Å². The maximum absolute atomic E-state index is 14.3. The molecule has 580 valence electrons. The minimum absolute atomic E-state index is 0.0288. The van der Waals surface area contributed by atoms with Gasteiger partial charge in [0.1, 0.15) is 41.4 Å². The van der Waals surface area contributed by atoms with E-state index in [4.69, 9.17) is 61.7 Å². The Hall–Kier alpha value is -9.13. The molecule has 11 rings (SSSR count). The third-order valence-corrected chi connectivity index (χ3v) is 19.1. The summed E-state index contributed by atoms with van der Waals surface area (Å²) in [5, 5.41) is 26.9. The molecular weight excluding hydrogens is 1390 g/mol. The highest BCUT2D eigenvalue weighted by Crippen LogP contribution is 2.43. The maximum Gasteiger partial charge on any atom is 0.277 e. The molecule has 1 aliphatic rings. The van der Waals surface area contributed by atoms with Crippen LogP contribution in [0.3, 0.4) is 0 Å². The van der Waals surface area contributed by atoms with E-state index in [0.29, 0.717) is 13.2 Å². The number of hydroxylamine groups is 2. The van der Waals surface area contributed by atoms with Gasteiger partial charge in [0, 0.05) is 7.05 Å². The van der Waals surface area contributed by atoms with Gasteiger partial charge in [0.05, 0.1) is 107 Å². The number of carbonyl (C=O) groups is 1. The predicted octanol–water partition coefficient (Wildman–Crippen LogP) is 15.0. The maximum atomic E-state index is 14.3. The van der Waals surface area contributed by atoms with Crippen molar-refractivity contribution in [2.24, 2.45) is 0 Å². The number of hydrogen-bond donors (Lipinski definition) is 2. The number of hydrogen-bond acceptors (Lipinski definition) is 17. The van der Waals surface area contributed by atoms with E-state index in [2.05, 4.69) is 62.4 Å². The first-order valence-corrected chi connectivity index (χ1v) is 37.2. The summed E-state index contributed by atoms with van der Waals surface area (Å²) in [7, 11) is 8.05. The SMILES string of the molecule is COc1ccc(COCC(O)(COCc2ccc(C)cc2)[C@@H](OCc2ccccc2)[C@H](OCc2ccccc2)[C@@H](OCc2ccccc2)C(=O)N(C)OC)cc1.Cc1ccc(COCC2(COCc3ccc(C)cc3)OC(O)(N(C)C)[C@H](OCc3ccccc3)[C@@H](OCc3ccccc3)[C@@H]2OCc2ccccc2)cc1. The molecule has 110 heavy (non-hydrogen) atoms. The highest BCUT2D eigenvalue weighted by Gasteiger charge is 2.64. The fourth-order valence-electron chi connectivity index (χ4n) is 12.7. The van der Waals surface area contributed by atoms with Crippen molar-refractivity contribution in [3.05, 3.63) is 351 Å². The summed E-state index contributed by atoms with van der Waals surface area (Å²) in [5.74, 6) is -1.80. The Kier molecular flexibility index (Phi) is 32.5. The van der Waals surface area contributed by atoms with Crippen molar-refractivity contribution in [1.82, 2.24) is 9.96 Å². The van der Waals surface area contributed by atoms with E-state index >= 15 is 0 Å². The fraction of sp³-hybridized carbons (Fsp3) is 0.337. The van der Waals surface area contributed by atoms with Crippen molar-refractivity contribution in [2.75, 3.05) is 61.8 Å². The van der Waals surface area contributed by atoms with Gasteiger partial charge in [-0.1, -0.05) is 284 Å². The molecule has 1 amide bonds. The third-order valence-electron chi connectivity index (χ3n) is 19.1. The number of ether oxygens (including phenoxy) is 12. The Balaban J connectivity index is 0.000000234. The van der Waals surface area contributed by atoms with Crippen LogP contribution in [0.5, 0.6) is 5.75 Å². The van der Waals surface area contributed by atoms with Crippen LogP contribution in [-0.2, 0) is 128 Å². The second-order valence-electron chi connectivity index (χ2n) is 28.0. The zero-order valence-corrected chi connectivity index (χ0v) is 64.4. The van der Waals surface area contributed by atoms with Gasteiger partial charge in [-0.15, -0.1) is 0 Å². The molecule has 0 aromatic heterocycles. The average Bonchev–Trinajstić information content (AvgIpc) is 0.726. The van der Waals surface area contributed by atoms with Crippen LogP contribution < -0.4 is 4.74 Å². The van der Waals surface area contributed by atoms with Gasteiger partial charge in [-0.25, -0.2) is 5.06 Å². The Morgan fingerprint density at radius 2 is 0.736 bits per heavy atom. The van der Waals surface area contributed by atoms with Crippen LogP contribution in [0, 0.1) is 20.8 Å². The lowest BCUT2D eigenvalue weighted by Crippen LogP contribution is -2.77. The van der Waals surface area contributed by atoms with Crippen molar-refractivity contribution in [1.29, 1.82) is 0 Å². The number of aryl methyl sites for hydroxylation is 3. The zero-order chi connectivity index (χ0) is 77.4. The molecule has 18 heteroatoms. The van der Waals surface area contributed by atoms with Gasteiger partial charge in [0.25, 0.3) is 11.8 Å². The molecule has 8 atom stereocenters. The van der Waals surface area contributed by atoms with Crippen LogP contribution in [0.1, 0.15) is 72.3 Å². The molecule has 0 aliphatic carbocycles. The Morgan fingerprint density at radius 3 is 1.11 bits per heavy atom. The van der Waals surface area contributed by atoms with Crippen molar-refractivity contribution in [2.45, 2.75) is 141 Å². The second kappa shape index (κ2) is 42.9. The summed E-state index contributed by atoms with van der Waals surface area (Å²) in [4.78, 5) is 21.3. The van der Waals surface area contributed by atoms with E-state index in [1.54, 1.807) is 26.1 Å². The van der Waals surface area contributed by atoms with Gasteiger partial charge in [0.2, 0.25) is 0 Å². The average molecular weight is 1500 g/mol. The molecule has 18 nitrogen and oxygen atoms in total. The number of methoxy groups -OCH3 is 1. The second-order valence-corrected chi connectivity index (χ2v) is 28.0. The normalized spacial score (nSPS) is 17.4. The number of aliphatic hydroxyl groups is 2. The zero-order valence-electron chi connectivity index (χ0n) is 64.4. The molecular formula is C92H106N2O16. The monoisotopic (exact) mass is 1490 g/mol. The Labute approximate surface area is 648 Å². The molecule has 1 aliphatic heterocycles. The lowest BCUT2D eigenvalue weighted by Gasteiger charge is -2.57. The van der Waals surface area contributed by atoms with Crippen LogP contribution in [0.25, 0.3) is 0 Å². The molecule has 0 saturated carbocycles. The topological polar surface area (TPSA) is 184 Å². The van der Waals surface area contributed by atoms with Gasteiger partial charge in [-0.05, 0) is 103 Å². The summed E-state index contributed by atoms with van der Waals surface area (Å²) < 4.78 is 78.5. The first-order valence-electron chi connectivity index (χ1n) is 37.2. The number of carbonyl (C=O) groups excluding carboxylic acids is 1. The molecule has 1 heterocycles. The molecule has 1 fully saturated rings. The Morgan fingerprint density at radius 1 is 0.409 bits per heavy atom. The van der Waals surface area contributed by atoms with Crippen LogP contribution >= 0.6 is 0 Å². The van der Waals surface area contributed by atoms with Crippen molar-refractivity contribution < 1.29 is 76.7 Å². The van der Waals surface area contributed by atoms with Crippen LogP contribution in [0.15, 0.2) is 279 Å². The van der Waals surface area contributed by atoms with Gasteiger partial charge in [-0.2, -0.15) is 0 Å². The van der Waals surface area contributed by atoms with E-state index in [9.17, 15) is 15.0 Å². The summed E-state index contributed by atoms with van der Waals surface area (Å²) in [6.45, 7) is 7.69. The standard InChI is InChI=1S/C46H53NO9.C46H53NO7/c1-35-20-22-39(23-21-35)28-52-33-46(49,34-53-29-40-24-26-41(50-3)27-25-40)44(56-32-38-18-12-7-13-19-38)42(54-30-36-14-8-5-9-15-36)43(45(48)47(2)51-4)55-31-37-16-10-6-11-17-37;1-35-20-24-40(25-21-35)28-49-33-45(34-50-29-41-26-22-36(2)23-27-41)43(52-31-38-16-10-6-11-17-38)42(51-30-37-14-8-5-9-15-37)44(46(48,54-45)47(3)4)53-32-39-18-12-7-13-19-39/h5-27,42-44,49H,28-34H2,1-4H3;5-27,42-44,48H,28-34H2,1-4H3/t2*42-,43-,44+,46?/m10/s1. The predicted molar refractivity (Wildman–Crippen MR) is 422 cm³/mol. The smallest absolute Gasteiger partial charge is 0.277 e. The minimum atomic E-state index is -1.98. The summed E-state index contributed by atoms with van der Waals surface area (Å²) in [5.41, 5.74) is 9.47. The highest BCUT2D eigenvalue weighted by atomic mass is 16.7. The van der Waals surface area contributed by atoms with E-state index in [0.717, 1.165) is 72.0 Å². The lowest BCUT2D eigenvalue weighted by molar-refractivity contribution is -0.442. The number of amides is 1. The highest BCUT2D eigenvalue weighted by molar-refractivity contribution is 5.80. The van der Waals surface area contributed by atoms with E-state index in [-0.39, 0.29) is 79.3 Å². The molecule has 0 radical (unpaired) electrons. The molecule has 10 aromatic carbocycles. The van der Waals surface area contributed by atoms with Crippen LogP contribution in [0.2, 0.25) is 0 Å².